The van der Waals surface area contributed by atoms with Crippen molar-refractivity contribution in [3.63, 3.8) is 0 Å². The van der Waals surface area contributed by atoms with Crippen molar-refractivity contribution < 1.29 is 27.4 Å². The van der Waals surface area contributed by atoms with Crippen LogP contribution in [-0.2, 0) is 19.4 Å². The third-order valence-corrected chi connectivity index (χ3v) is 10.8. The van der Waals surface area contributed by atoms with Crippen molar-refractivity contribution >= 4 is 16.2 Å². The molecule has 0 radical (unpaired) electrons. The van der Waals surface area contributed by atoms with E-state index >= 15 is 0 Å². The molecule has 34 heavy (non-hydrogen) atoms. The summed E-state index contributed by atoms with van der Waals surface area (Å²) < 4.78 is 68.2. The van der Waals surface area contributed by atoms with Gasteiger partial charge in [-0.3, -0.25) is 9.35 Å². The summed E-state index contributed by atoms with van der Waals surface area (Å²) in [7, 11) is -4.46. The van der Waals surface area contributed by atoms with Crippen molar-refractivity contribution in [3.05, 3.63) is 0 Å². The number of ketones is 1. The highest BCUT2D eigenvalue weighted by Crippen LogP contribution is 2.67. The number of carbonyl (C=O) groups is 1. The first-order valence-corrected chi connectivity index (χ1v) is 14.8. The van der Waals surface area contributed by atoms with Crippen LogP contribution in [0.1, 0.15) is 105 Å². The quantitative estimate of drug-likeness (QED) is 0.463. The first-order valence-electron chi connectivity index (χ1n) is 15.4. The summed E-state index contributed by atoms with van der Waals surface area (Å²) in [6, 6.07) is 0. The van der Waals surface area contributed by atoms with Gasteiger partial charge in [0.2, 0.25) is 0 Å². The van der Waals surface area contributed by atoms with E-state index in [2.05, 4.69) is 32.6 Å². The Balaban J connectivity index is 0.000000505. The van der Waals surface area contributed by atoms with E-state index < -0.39 is 40.4 Å². The zero-order valence-electron chi connectivity index (χ0n) is 25.8. The second-order valence-electron chi connectivity index (χ2n) is 11.5. The van der Waals surface area contributed by atoms with E-state index in [1.54, 1.807) is 0 Å². The lowest BCUT2D eigenvalue weighted by molar-refractivity contribution is -0.137. The number of nitrogens with zero attached hydrogens (tertiary/aromatic N) is 1. The van der Waals surface area contributed by atoms with Gasteiger partial charge in [-0.05, 0) is 119 Å². The van der Waals surface area contributed by atoms with E-state index in [-0.39, 0.29) is 11.3 Å². The number of rotatable bonds is 6. The largest absolute Gasteiger partial charge is 0.397 e. The van der Waals surface area contributed by atoms with Gasteiger partial charge in [0.05, 0.1) is 6.10 Å². The zero-order valence-corrected chi connectivity index (χ0v) is 22.6. The van der Waals surface area contributed by atoms with E-state index in [0.717, 1.165) is 32.1 Å². The van der Waals surface area contributed by atoms with Gasteiger partial charge >= 0.3 is 10.4 Å². The molecule has 0 heterocycles. The fourth-order valence-electron chi connectivity index (χ4n) is 8.33. The molecule has 0 saturated heterocycles. The Morgan fingerprint density at radius 1 is 1.00 bits per heavy atom. The Kier molecular flexibility index (Phi) is 7.24. The Morgan fingerprint density at radius 2 is 1.62 bits per heavy atom. The third kappa shape index (κ3) is 5.57. The molecule has 0 aliphatic heterocycles. The van der Waals surface area contributed by atoms with E-state index in [0.29, 0.717) is 43.4 Å². The lowest BCUT2D eigenvalue weighted by Gasteiger charge is -2.61. The Morgan fingerprint density at radius 3 is 2.18 bits per heavy atom. The number of Topliss-reactive ketones (excluding diaryl/α,β-unsaturated/α-hetero) is 1. The Hall–Kier alpha value is -0.500. The molecule has 4 fully saturated rings. The van der Waals surface area contributed by atoms with Crippen LogP contribution in [0.5, 0.6) is 0 Å². The molecule has 4 aliphatic carbocycles. The molecule has 0 unspecified atom stereocenters. The Bertz CT molecular complexity index is 952. The molecule has 0 aromatic carbocycles. The number of fused-ring (bicyclic) bond motifs is 5. The highest BCUT2D eigenvalue weighted by Gasteiger charge is 2.60. The molecule has 0 aromatic rings. The van der Waals surface area contributed by atoms with Gasteiger partial charge in [0.25, 0.3) is 0 Å². The summed E-state index contributed by atoms with van der Waals surface area (Å²) in [4.78, 5) is 15.2. The third-order valence-electron chi connectivity index (χ3n) is 10.3. The average molecular weight is 504 g/mol. The SMILES string of the molecule is CCN(CC)CC.[2H]C([2H])([2H])C(=O)[C@@]1([2H])CC[C@H]2[C@@H]3CC[C@H]4C[C@@H](OS(=O)(=O)O)CC[C@]4(C)[C@H]3CC[C@@]21C. The van der Waals surface area contributed by atoms with E-state index in [9.17, 15) is 13.2 Å². The topological polar surface area (TPSA) is 83.9 Å². The van der Waals surface area contributed by atoms with E-state index in [1.165, 1.54) is 19.6 Å². The van der Waals surface area contributed by atoms with Gasteiger partial charge in [-0.2, -0.15) is 8.42 Å². The molecule has 4 aliphatic rings. The lowest BCUT2D eigenvalue weighted by Crippen LogP contribution is -2.54. The highest BCUT2D eigenvalue weighted by molar-refractivity contribution is 7.80. The van der Waals surface area contributed by atoms with Crippen LogP contribution in [0.3, 0.4) is 0 Å². The molecule has 6 nitrogen and oxygen atoms in total. The van der Waals surface area contributed by atoms with Gasteiger partial charge in [0, 0.05) is 11.4 Å². The summed E-state index contributed by atoms with van der Waals surface area (Å²) in [6.07, 6.45) is 5.98. The molecule has 0 bridgehead atoms. The monoisotopic (exact) mass is 503 g/mol. The van der Waals surface area contributed by atoms with Crippen LogP contribution in [0, 0.1) is 40.4 Å². The second-order valence-corrected chi connectivity index (χ2v) is 12.5. The molecule has 4 rings (SSSR count). The molecular weight excluding hydrogens is 450 g/mol. The zero-order chi connectivity index (χ0) is 28.7. The molecule has 0 spiro atoms. The van der Waals surface area contributed by atoms with Crippen LogP contribution in [-0.4, -0.2) is 49.4 Å². The first kappa shape index (κ1) is 22.7. The standard InChI is InChI=1S/C21H34O5S.C6H15N/c1-13(22)17-6-7-18-16-5-4-14-12-15(26-27(23,24)25)8-10-20(14,2)19(16)9-11-21(17,18)3;1-4-7(5-2)6-3/h14-19H,4-12H2,1-3H3,(H,23,24,25);4-6H2,1-3H3/t14-,15-,16-,17+,18-,19-,20-,21+;/m0./s1/i1D3,17D;. The summed E-state index contributed by atoms with van der Waals surface area (Å²) in [5.41, 5.74) is -0.585. The minimum absolute atomic E-state index is 0.0324. The molecular formula is C27H49NO5S. The summed E-state index contributed by atoms with van der Waals surface area (Å²) in [5, 5.41) is 0. The normalized spacial score (nSPS) is 45.9. The molecule has 8 atom stereocenters. The summed E-state index contributed by atoms with van der Waals surface area (Å²) in [5.74, 6) is -1.19. The fraction of sp³-hybridized carbons (Fsp3) is 0.963. The molecule has 4 saturated carbocycles. The van der Waals surface area contributed by atoms with Crippen molar-refractivity contribution in [2.75, 3.05) is 19.6 Å². The highest BCUT2D eigenvalue weighted by atomic mass is 32.3. The second kappa shape index (κ2) is 10.9. The van der Waals surface area contributed by atoms with Crippen LogP contribution < -0.4 is 0 Å². The predicted molar refractivity (Wildman–Crippen MR) is 136 cm³/mol. The Labute approximate surface area is 214 Å². The van der Waals surface area contributed by atoms with E-state index in [4.69, 9.17) is 14.2 Å². The molecule has 7 heteroatoms. The van der Waals surface area contributed by atoms with Gasteiger partial charge in [0.15, 0.2) is 0 Å². The van der Waals surface area contributed by atoms with Gasteiger partial charge in [0.1, 0.15) is 5.78 Å². The minimum Gasteiger partial charge on any atom is -0.304 e. The van der Waals surface area contributed by atoms with Crippen LogP contribution in [0.4, 0.5) is 0 Å². The van der Waals surface area contributed by atoms with Crippen LogP contribution in [0.25, 0.3) is 0 Å². The molecule has 0 amide bonds. The van der Waals surface area contributed by atoms with Gasteiger partial charge < -0.3 is 4.90 Å². The smallest absolute Gasteiger partial charge is 0.304 e. The maximum Gasteiger partial charge on any atom is 0.397 e. The summed E-state index contributed by atoms with van der Waals surface area (Å²) >= 11 is 0. The average Bonchev–Trinajstić information content (AvgIpc) is 3.10. The number of carbonyl (C=O) groups excluding carboxylic acids is 1. The molecule has 1 N–H and O–H groups in total. The van der Waals surface area contributed by atoms with Crippen molar-refractivity contribution in [2.45, 2.75) is 105 Å². The number of hydrogen-bond donors (Lipinski definition) is 1. The lowest BCUT2D eigenvalue weighted by atomic mass is 9.44. The van der Waals surface area contributed by atoms with Gasteiger partial charge in [-0.25, -0.2) is 4.18 Å². The van der Waals surface area contributed by atoms with Crippen LogP contribution in [0.2, 0.25) is 0 Å². The minimum atomic E-state index is -4.46. The van der Waals surface area contributed by atoms with Gasteiger partial charge in [-0.1, -0.05) is 34.6 Å². The van der Waals surface area contributed by atoms with Gasteiger partial charge in [-0.15, -0.1) is 0 Å². The first-order chi connectivity index (χ1) is 17.5. The maximum atomic E-state index is 12.8. The van der Waals surface area contributed by atoms with Crippen molar-refractivity contribution in [1.82, 2.24) is 4.90 Å². The predicted octanol–water partition coefficient (Wildman–Crippen LogP) is 5.77. The summed E-state index contributed by atoms with van der Waals surface area (Å²) in [6.45, 7) is 11.6. The van der Waals surface area contributed by atoms with E-state index in [1.807, 2.05) is 6.92 Å². The molecule has 198 valence electrons. The maximum absolute atomic E-state index is 12.8. The number of hydrogen-bond acceptors (Lipinski definition) is 5. The van der Waals surface area contributed by atoms with Crippen LogP contribution >= 0.6 is 0 Å². The van der Waals surface area contributed by atoms with Crippen molar-refractivity contribution in [3.8, 4) is 0 Å². The fourth-order valence-corrected chi connectivity index (χ4v) is 8.85. The molecule has 0 aromatic heterocycles. The van der Waals surface area contributed by atoms with Crippen molar-refractivity contribution in [1.29, 1.82) is 0 Å². The van der Waals surface area contributed by atoms with Crippen LogP contribution in [0.15, 0.2) is 0 Å². The van der Waals surface area contributed by atoms with Crippen molar-refractivity contribution in [2.24, 2.45) is 40.4 Å².